The number of nitrogens with zero attached hydrogens (tertiary/aromatic N) is 5. The quantitative estimate of drug-likeness (QED) is 0.281. The third kappa shape index (κ3) is 5.05. The standard InChI is InChI=1S/C28H28N6O3S/c1-2-24(27-30-31-32-34(27)11-10-19-7-4-3-5-8-19)33(17-22-9-6-12-38-22)16-21-13-20-14-25-26(37-18-36-25)15-23(20)29-28(21)35/h3-9,12-15,24H,2,10-11,16-18H2,1H3,(H,29,35). The number of aromatic nitrogens is 5. The Morgan fingerprint density at radius 3 is 2.71 bits per heavy atom. The van der Waals surface area contributed by atoms with Gasteiger partial charge in [0.15, 0.2) is 17.3 Å². The molecule has 5 aromatic rings. The molecule has 194 valence electrons. The molecule has 0 saturated heterocycles. The summed E-state index contributed by atoms with van der Waals surface area (Å²) < 4.78 is 12.9. The van der Waals surface area contributed by atoms with Crippen molar-refractivity contribution < 1.29 is 9.47 Å². The average molecular weight is 529 g/mol. The number of aryl methyl sites for hydroxylation is 2. The summed E-state index contributed by atoms with van der Waals surface area (Å²) in [4.78, 5) is 19.7. The van der Waals surface area contributed by atoms with Gasteiger partial charge in [0.25, 0.3) is 5.56 Å². The Hall–Kier alpha value is -4.02. The molecule has 10 heteroatoms. The smallest absolute Gasteiger partial charge is 0.252 e. The van der Waals surface area contributed by atoms with Crippen LogP contribution in [0.15, 0.2) is 70.8 Å². The minimum atomic E-state index is -0.119. The topological polar surface area (TPSA) is 98.2 Å². The van der Waals surface area contributed by atoms with Gasteiger partial charge < -0.3 is 14.5 Å². The maximum Gasteiger partial charge on any atom is 0.252 e. The molecule has 1 unspecified atom stereocenters. The SMILES string of the molecule is CCC(c1nnnn1CCc1ccccc1)N(Cc1cccs1)Cc1cc2cc3c(cc2[nH]c1=O)OCO3. The van der Waals surface area contributed by atoms with Gasteiger partial charge in [0.05, 0.1) is 11.6 Å². The molecule has 0 aliphatic carbocycles. The number of H-pyrrole nitrogens is 1. The van der Waals surface area contributed by atoms with E-state index in [1.807, 2.05) is 41.1 Å². The number of hydrogen-bond donors (Lipinski definition) is 1. The molecule has 1 atom stereocenters. The number of hydrogen-bond acceptors (Lipinski definition) is 8. The second-order valence-electron chi connectivity index (χ2n) is 9.32. The Balaban J connectivity index is 1.32. The first-order valence-corrected chi connectivity index (χ1v) is 13.6. The third-order valence-electron chi connectivity index (χ3n) is 6.87. The molecule has 6 rings (SSSR count). The lowest BCUT2D eigenvalue weighted by molar-refractivity contribution is 0.162. The van der Waals surface area contributed by atoms with Gasteiger partial charge in [-0.15, -0.1) is 16.4 Å². The lowest BCUT2D eigenvalue weighted by atomic mass is 10.1. The van der Waals surface area contributed by atoms with Gasteiger partial charge in [0, 0.05) is 41.5 Å². The zero-order chi connectivity index (χ0) is 25.9. The Kier molecular flexibility index (Phi) is 6.89. The lowest BCUT2D eigenvalue weighted by Gasteiger charge is -2.30. The number of fused-ring (bicyclic) bond motifs is 2. The molecule has 1 N–H and O–H groups in total. The van der Waals surface area contributed by atoms with Crippen LogP contribution in [0, 0.1) is 0 Å². The van der Waals surface area contributed by atoms with Crippen molar-refractivity contribution in [3.8, 4) is 11.5 Å². The maximum atomic E-state index is 13.2. The molecule has 4 heterocycles. The summed E-state index contributed by atoms with van der Waals surface area (Å²) in [6.45, 7) is 4.13. The maximum absolute atomic E-state index is 13.2. The van der Waals surface area contributed by atoms with E-state index in [0.717, 1.165) is 29.6 Å². The molecule has 0 saturated carbocycles. The second kappa shape index (κ2) is 10.8. The van der Waals surface area contributed by atoms with E-state index in [2.05, 4.69) is 62.0 Å². The van der Waals surface area contributed by atoms with Crippen LogP contribution in [-0.2, 0) is 26.1 Å². The highest BCUT2D eigenvalue weighted by Gasteiger charge is 2.26. The van der Waals surface area contributed by atoms with Gasteiger partial charge in [-0.3, -0.25) is 9.69 Å². The zero-order valence-corrected chi connectivity index (χ0v) is 21.9. The van der Waals surface area contributed by atoms with Crippen molar-refractivity contribution in [3.05, 3.63) is 98.2 Å². The Labute approximate surface area is 223 Å². The monoisotopic (exact) mass is 528 g/mol. The number of thiophene rings is 1. The van der Waals surface area contributed by atoms with E-state index in [-0.39, 0.29) is 18.4 Å². The van der Waals surface area contributed by atoms with Crippen LogP contribution in [0.5, 0.6) is 11.5 Å². The largest absolute Gasteiger partial charge is 0.454 e. The fraction of sp³-hybridized carbons (Fsp3) is 0.286. The minimum Gasteiger partial charge on any atom is -0.454 e. The number of rotatable bonds is 10. The highest BCUT2D eigenvalue weighted by Crippen LogP contribution is 2.35. The number of aromatic amines is 1. The predicted molar refractivity (Wildman–Crippen MR) is 145 cm³/mol. The van der Waals surface area contributed by atoms with Crippen LogP contribution in [0.3, 0.4) is 0 Å². The summed E-state index contributed by atoms with van der Waals surface area (Å²) in [5.74, 6) is 2.14. The van der Waals surface area contributed by atoms with Gasteiger partial charge in [-0.05, 0) is 52.4 Å². The molecule has 3 aromatic heterocycles. The Bertz CT molecular complexity index is 1580. The van der Waals surface area contributed by atoms with Crippen molar-refractivity contribution in [3.63, 3.8) is 0 Å². The predicted octanol–water partition coefficient (Wildman–Crippen LogP) is 4.70. The highest BCUT2D eigenvalue weighted by molar-refractivity contribution is 7.09. The van der Waals surface area contributed by atoms with Gasteiger partial charge in [0.2, 0.25) is 6.79 Å². The van der Waals surface area contributed by atoms with E-state index in [4.69, 9.17) is 9.47 Å². The van der Waals surface area contributed by atoms with Crippen molar-refractivity contribution >= 4 is 22.2 Å². The van der Waals surface area contributed by atoms with E-state index in [1.54, 1.807) is 11.3 Å². The highest BCUT2D eigenvalue weighted by atomic mass is 32.1. The average Bonchev–Trinajstić information content (AvgIpc) is 3.70. The first-order chi connectivity index (χ1) is 18.7. The molecule has 1 aliphatic rings. The van der Waals surface area contributed by atoms with Crippen LogP contribution in [0.4, 0.5) is 0 Å². The number of benzene rings is 2. The molecule has 0 fully saturated rings. The van der Waals surface area contributed by atoms with Crippen molar-refractivity contribution in [2.45, 2.75) is 45.4 Å². The molecular weight excluding hydrogens is 500 g/mol. The summed E-state index contributed by atoms with van der Waals surface area (Å²) in [6.07, 6.45) is 1.63. The van der Waals surface area contributed by atoms with Crippen molar-refractivity contribution in [2.75, 3.05) is 6.79 Å². The van der Waals surface area contributed by atoms with Gasteiger partial charge in [-0.25, -0.2) is 4.68 Å². The van der Waals surface area contributed by atoms with Crippen LogP contribution >= 0.6 is 11.3 Å². The van der Waals surface area contributed by atoms with Gasteiger partial charge in [0.1, 0.15) is 0 Å². The summed E-state index contributed by atoms with van der Waals surface area (Å²) >= 11 is 1.70. The number of nitrogens with one attached hydrogen (secondary N) is 1. The fourth-order valence-corrected chi connectivity index (χ4v) is 5.68. The van der Waals surface area contributed by atoms with Crippen molar-refractivity contribution in [1.29, 1.82) is 0 Å². The molecule has 2 aromatic carbocycles. The van der Waals surface area contributed by atoms with E-state index in [1.165, 1.54) is 10.4 Å². The first-order valence-electron chi connectivity index (χ1n) is 12.7. The van der Waals surface area contributed by atoms with Gasteiger partial charge in [-0.2, -0.15) is 0 Å². The summed E-state index contributed by atoms with van der Waals surface area (Å²) in [7, 11) is 0. The minimum absolute atomic E-state index is 0.0743. The zero-order valence-electron chi connectivity index (χ0n) is 21.0. The van der Waals surface area contributed by atoms with Gasteiger partial charge in [-0.1, -0.05) is 43.3 Å². The van der Waals surface area contributed by atoms with Crippen LogP contribution in [-0.4, -0.2) is 36.9 Å². The van der Waals surface area contributed by atoms with Crippen LogP contribution in [0.1, 0.15) is 41.2 Å². The van der Waals surface area contributed by atoms with Crippen LogP contribution in [0.25, 0.3) is 10.9 Å². The summed E-state index contributed by atoms with van der Waals surface area (Å²) in [6, 6.07) is 20.1. The molecule has 0 amide bonds. The van der Waals surface area contributed by atoms with E-state index in [9.17, 15) is 4.79 Å². The molecule has 0 radical (unpaired) electrons. The Morgan fingerprint density at radius 2 is 1.92 bits per heavy atom. The van der Waals surface area contributed by atoms with Crippen molar-refractivity contribution in [2.24, 2.45) is 0 Å². The normalized spacial score (nSPS) is 13.4. The number of pyridine rings is 1. The van der Waals surface area contributed by atoms with E-state index < -0.39 is 0 Å². The third-order valence-corrected chi connectivity index (χ3v) is 7.73. The first kappa shape index (κ1) is 24.3. The van der Waals surface area contributed by atoms with Crippen molar-refractivity contribution in [1.82, 2.24) is 30.1 Å². The van der Waals surface area contributed by atoms with Crippen LogP contribution in [0.2, 0.25) is 0 Å². The number of ether oxygens (including phenoxy) is 2. The molecule has 0 bridgehead atoms. The lowest BCUT2D eigenvalue weighted by Crippen LogP contribution is -2.32. The second-order valence-corrected chi connectivity index (χ2v) is 10.4. The van der Waals surface area contributed by atoms with E-state index in [0.29, 0.717) is 36.7 Å². The van der Waals surface area contributed by atoms with Gasteiger partial charge >= 0.3 is 0 Å². The fourth-order valence-electron chi connectivity index (χ4n) is 4.95. The molecular formula is C28H28N6O3S. The van der Waals surface area contributed by atoms with Crippen LogP contribution < -0.4 is 15.0 Å². The molecule has 38 heavy (non-hydrogen) atoms. The summed E-state index contributed by atoms with van der Waals surface area (Å²) in [5.41, 5.74) is 2.52. The molecule has 1 aliphatic heterocycles. The molecule has 9 nitrogen and oxygen atoms in total. The summed E-state index contributed by atoms with van der Waals surface area (Å²) in [5, 5.41) is 15.8. The Morgan fingerprint density at radius 1 is 1.08 bits per heavy atom. The number of tetrazole rings is 1. The van der Waals surface area contributed by atoms with E-state index >= 15 is 0 Å². The molecule has 0 spiro atoms.